The van der Waals surface area contributed by atoms with Crippen molar-refractivity contribution < 1.29 is 22.2 Å². The Morgan fingerprint density at radius 1 is 1.00 bits per heavy atom. The monoisotopic (exact) mass is 483 g/mol. The number of sulfone groups is 1. The van der Waals surface area contributed by atoms with Crippen molar-refractivity contribution in [2.75, 3.05) is 37.2 Å². The molecule has 31 heavy (non-hydrogen) atoms. The minimum atomic E-state index is -3.32. The predicted molar refractivity (Wildman–Crippen MR) is 119 cm³/mol. The highest BCUT2D eigenvalue weighted by Gasteiger charge is 2.25. The van der Waals surface area contributed by atoms with E-state index in [-0.39, 0.29) is 27.3 Å². The van der Waals surface area contributed by atoms with Gasteiger partial charge in [0.25, 0.3) is 5.91 Å². The first-order valence-electron chi connectivity index (χ1n) is 9.39. The third kappa shape index (κ3) is 5.63. The Balaban J connectivity index is 1.73. The number of nitrogens with zero attached hydrogens (tertiary/aromatic N) is 2. The van der Waals surface area contributed by atoms with Crippen LogP contribution in [-0.4, -0.2) is 66.7 Å². The number of carbonyl (C=O) groups is 2. The molecule has 1 aliphatic rings. The first kappa shape index (κ1) is 23.2. The van der Waals surface area contributed by atoms with Gasteiger partial charge in [-0.3, -0.25) is 9.59 Å². The van der Waals surface area contributed by atoms with E-state index in [0.29, 0.717) is 36.8 Å². The Bertz CT molecular complexity index is 1130. The maximum absolute atomic E-state index is 12.9. The molecular formula is C20H22ClN3O5S2. The summed E-state index contributed by atoms with van der Waals surface area (Å²) in [5, 5.41) is 0.247. The van der Waals surface area contributed by atoms with E-state index in [1.54, 1.807) is 15.9 Å². The summed E-state index contributed by atoms with van der Waals surface area (Å²) in [5.41, 5.74) is 0.701. The van der Waals surface area contributed by atoms with Crippen LogP contribution in [0.25, 0.3) is 0 Å². The molecule has 0 spiro atoms. The van der Waals surface area contributed by atoms with E-state index in [1.165, 1.54) is 43.3 Å². The average Bonchev–Trinajstić information content (AvgIpc) is 2.73. The van der Waals surface area contributed by atoms with Crippen LogP contribution in [0.4, 0.5) is 5.69 Å². The SMILES string of the molecule is CC(=O)N1CCN(C(=O)c2cc(S(=O)Nc3ccc(S(C)(=O)=O)cc3)ccc2Cl)CC1. The van der Waals surface area contributed by atoms with Gasteiger partial charge in [-0.1, -0.05) is 11.6 Å². The molecule has 2 amide bonds. The molecule has 2 aromatic rings. The summed E-state index contributed by atoms with van der Waals surface area (Å²) in [6.07, 6.45) is 1.11. The maximum Gasteiger partial charge on any atom is 0.255 e. The molecule has 1 atom stereocenters. The van der Waals surface area contributed by atoms with Gasteiger partial charge in [0.05, 0.1) is 20.4 Å². The van der Waals surface area contributed by atoms with Crippen LogP contribution >= 0.6 is 11.6 Å². The smallest absolute Gasteiger partial charge is 0.255 e. The zero-order chi connectivity index (χ0) is 22.8. The van der Waals surface area contributed by atoms with Crippen molar-refractivity contribution >= 4 is 49.9 Å². The number of amides is 2. The van der Waals surface area contributed by atoms with Crippen LogP contribution < -0.4 is 4.72 Å². The van der Waals surface area contributed by atoms with E-state index in [0.717, 1.165) is 6.26 Å². The minimum Gasteiger partial charge on any atom is -0.339 e. The van der Waals surface area contributed by atoms with Crippen molar-refractivity contribution in [3.8, 4) is 0 Å². The lowest BCUT2D eigenvalue weighted by molar-refractivity contribution is -0.130. The highest BCUT2D eigenvalue weighted by Crippen LogP contribution is 2.23. The van der Waals surface area contributed by atoms with E-state index in [2.05, 4.69) is 4.72 Å². The molecule has 1 aliphatic heterocycles. The van der Waals surface area contributed by atoms with E-state index in [1.807, 2.05) is 0 Å². The quantitative estimate of drug-likeness (QED) is 0.702. The number of nitrogens with one attached hydrogen (secondary N) is 1. The van der Waals surface area contributed by atoms with Crippen LogP contribution in [0.5, 0.6) is 0 Å². The summed E-state index contributed by atoms with van der Waals surface area (Å²) in [7, 11) is -5.02. The molecule has 1 fully saturated rings. The molecule has 1 unspecified atom stereocenters. The van der Waals surface area contributed by atoms with Crippen LogP contribution in [0, 0.1) is 0 Å². The maximum atomic E-state index is 12.9. The third-order valence-corrected chi connectivity index (χ3v) is 7.45. The molecule has 0 aromatic heterocycles. The molecule has 3 rings (SSSR count). The molecule has 1 saturated heterocycles. The first-order chi connectivity index (χ1) is 14.6. The van der Waals surface area contributed by atoms with E-state index in [4.69, 9.17) is 11.6 Å². The summed E-state index contributed by atoms with van der Waals surface area (Å²) in [4.78, 5) is 28.2. The second-order valence-corrected chi connectivity index (χ2v) is 10.7. The fourth-order valence-corrected chi connectivity index (χ4v) is 4.83. The number of rotatable bonds is 5. The number of hydrogen-bond acceptors (Lipinski definition) is 5. The summed E-state index contributed by atoms with van der Waals surface area (Å²) in [6, 6.07) is 10.4. The molecule has 8 nitrogen and oxygen atoms in total. The zero-order valence-corrected chi connectivity index (χ0v) is 19.4. The highest BCUT2D eigenvalue weighted by molar-refractivity contribution is 7.90. The summed E-state index contributed by atoms with van der Waals surface area (Å²) in [6.45, 7) is 3.19. The lowest BCUT2D eigenvalue weighted by Gasteiger charge is -2.34. The van der Waals surface area contributed by atoms with Gasteiger partial charge in [0.2, 0.25) is 5.91 Å². The van der Waals surface area contributed by atoms with E-state index >= 15 is 0 Å². The van der Waals surface area contributed by atoms with Crippen LogP contribution in [0.15, 0.2) is 52.3 Å². The standard InChI is InChI=1S/C20H22ClN3O5S2/c1-14(25)23-9-11-24(12-10-23)20(26)18-13-16(5-8-19(18)21)30(27)22-15-3-6-17(7-4-15)31(2,28)29/h3-8,13,22H,9-12H2,1-2H3. The fraction of sp³-hybridized carbons (Fsp3) is 0.300. The Morgan fingerprint density at radius 2 is 1.58 bits per heavy atom. The number of halogens is 1. The number of hydrogen-bond donors (Lipinski definition) is 1. The minimum absolute atomic E-state index is 0.0295. The van der Waals surface area contributed by atoms with Crippen LogP contribution in [0.1, 0.15) is 17.3 Å². The lowest BCUT2D eigenvalue weighted by Crippen LogP contribution is -2.50. The van der Waals surface area contributed by atoms with Gasteiger partial charge >= 0.3 is 0 Å². The van der Waals surface area contributed by atoms with Crippen molar-refractivity contribution in [2.24, 2.45) is 0 Å². The van der Waals surface area contributed by atoms with Crippen molar-refractivity contribution in [1.29, 1.82) is 0 Å². The van der Waals surface area contributed by atoms with Crippen LogP contribution in [0.2, 0.25) is 5.02 Å². The molecule has 166 valence electrons. The summed E-state index contributed by atoms with van der Waals surface area (Å²) < 4.78 is 38.6. The molecular weight excluding hydrogens is 462 g/mol. The van der Waals surface area contributed by atoms with Crippen molar-refractivity contribution in [1.82, 2.24) is 9.80 Å². The third-order valence-electron chi connectivity index (χ3n) is 4.89. The lowest BCUT2D eigenvalue weighted by atomic mass is 10.1. The van der Waals surface area contributed by atoms with Crippen molar-refractivity contribution in [3.05, 3.63) is 53.1 Å². The Hall–Kier alpha value is -2.43. The highest BCUT2D eigenvalue weighted by atomic mass is 35.5. The van der Waals surface area contributed by atoms with E-state index < -0.39 is 20.8 Å². The first-order valence-corrected chi connectivity index (χ1v) is 12.8. The number of anilines is 1. The molecule has 0 bridgehead atoms. The number of piperazine rings is 1. The Labute approximate surface area is 188 Å². The van der Waals surface area contributed by atoms with Gasteiger partial charge in [0, 0.05) is 45.0 Å². The van der Waals surface area contributed by atoms with Gasteiger partial charge in [-0.05, 0) is 42.5 Å². The summed E-state index contributed by atoms with van der Waals surface area (Å²) >= 11 is 6.23. The van der Waals surface area contributed by atoms with Crippen LogP contribution in [0.3, 0.4) is 0 Å². The number of carbonyl (C=O) groups excluding carboxylic acids is 2. The zero-order valence-electron chi connectivity index (χ0n) is 17.0. The molecule has 2 aromatic carbocycles. The Kier molecular flexibility index (Phi) is 7.03. The topological polar surface area (TPSA) is 104 Å². The molecule has 11 heteroatoms. The van der Waals surface area contributed by atoms with Gasteiger partial charge in [0.15, 0.2) is 9.84 Å². The molecule has 0 aliphatic carbocycles. The Morgan fingerprint density at radius 3 is 2.13 bits per heavy atom. The van der Waals surface area contributed by atoms with Gasteiger partial charge in [-0.15, -0.1) is 0 Å². The predicted octanol–water partition coefficient (Wildman–Crippen LogP) is 2.18. The van der Waals surface area contributed by atoms with Gasteiger partial charge in [0.1, 0.15) is 11.0 Å². The van der Waals surface area contributed by atoms with Crippen molar-refractivity contribution in [2.45, 2.75) is 16.7 Å². The second-order valence-electron chi connectivity index (χ2n) is 7.11. The van der Waals surface area contributed by atoms with Gasteiger partial charge in [-0.2, -0.15) is 0 Å². The fourth-order valence-electron chi connectivity index (χ4n) is 3.11. The molecule has 0 saturated carbocycles. The van der Waals surface area contributed by atoms with E-state index in [9.17, 15) is 22.2 Å². The van der Waals surface area contributed by atoms with Gasteiger partial charge in [-0.25, -0.2) is 12.6 Å². The molecule has 1 heterocycles. The van der Waals surface area contributed by atoms with Crippen LogP contribution in [-0.2, 0) is 25.6 Å². The summed E-state index contributed by atoms with van der Waals surface area (Å²) in [5.74, 6) is -0.317. The molecule has 0 radical (unpaired) electrons. The normalized spacial score (nSPS) is 15.5. The number of benzene rings is 2. The van der Waals surface area contributed by atoms with Crippen molar-refractivity contribution in [3.63, 3.8) is 0 Å². The largest absolute Gasteiger partial charge is 0.339 e. The van der Waals surface area contributed by atoms with Gasteiger partial charge < -0.3 is 14.5 Å². The second kappa shape index (κ2) is 9.37. The average molecular weight is 484 g/mol. The molecule has 1 N–H and O–H groups in total.